The van der Waals surface area contributed by atoms with E-state index in [-0.39, 0.29) is 6.10 Å². The lowest BCUT2D eigenvalue weighted by atomic mass is 9.97. The summed E-state index contributed by atoms with van der Waals surface area (Å²) >= 11 is 5.79. The minimum atomic E-state index is -0.801. The van der Waals surface area contributed by atoms with Gasteiger partial charge in [0.25, 0.3) is 0 Å². The number of rotatable bonds is 2. The number of hydrogen-bond acceptors (Lipinski definition) is 3. The Morgan fingerprint density at radius 3 is 2.62 bits per heavy atom. The Morgan fingerprint density at radius 1 is 1.25 bits per heavy atom. The average Bonchev–Trinajstić information content (AvgIpc) is 2.28. The van der Waals surface area contributed by atoms with Crippen LogP contribution in [0.3, 0.4) is 0 Å². The Kier molecular flexibility index (Phi) is 3.82. The molecular weight excluding hydrogens is 228 g/mol. The molecule has 0 unspecified atom stereocenters. The first-order chi connectivity index (χ1) is 7.66. The van der Waals surface area contributed by atoms with E-state index in [4.69, 9.17) is 16.3 Å². The topological polar surface area (TPSA) is 49.7 Å². The maximum absolute atomic E-state index is 9.75. The quantitative estimate of drug-likeness (QED) is 0.824. The van der Waals surface area contributed by atoms with Crippen molar-refractivity contribution in [1.82, 2.24) is 0 Å². The van der Waals surface area contributed by atoms with E-state index in [0.29, 0.717) is 24.5 Å². The lowest BCUT2D eigenvalue weighted by Crippen LogP contribution is -2.45. The number of hydrogen-bond donors (Lipinski definition) is 2. The molecule has 1 heterocycles. The first kappa shape index (κ1) is 11.9. The highest BCUT2D eigenvalue weighted by Gasteiger charge is 2.31. The van der Waals surface area contributed by atoms with Gasteiger partial charge in [-0.15, -0.1) is 0 Å². The minimum Gasteiger partial charge on any atom is -0.390 e. The van der Waals surface area contributed by atoms with Gasteiger partial charge >= 0.3 is 0 Å². The van der Waals surface area contributed by atoms with E-state index in [0.717, 1.165) is 5.56 Å². The number of aliphatic hydroxyl groups excluding tert-OH is 2. The van der Waals surface area contributed by atoms with E-state index >= 15 is 0 Å². The van der Waals surface area contributed by atoms with Gasteiger partial charge < -0.3 is 14.9 Å². The summed E-state index contributed by atoms with van der Waals surface area (Å²) in [4.78, 5) is 0. The molecule has 3 atom stereocenters. The standard InChI is InChI=1S/C12H15ClO3/c13-9-3-1-8(2-4-9)7-11-12(15)10(14)5-6-16-11/h1-4,10-12,14-15H,5-7H2/t10-,11-,12-/m1/s1. The molecule has 2 rings (SSSR count). The lowest BCUT2D eigenvalue weighted by Gasteiger charge is -2.32. The van der Waals surface area contributed by atoms with Crippen molar-refractivity contribution in [1.29, 1.82) is 0 Å². The maximum Gasteiger partial charge on any atom is 0.106 e. The van der Waals surface area contributed by atoms with E-state index in [9.17, 15) is 10.2 Å². The zero-order valence-electron chi connectivity index (χ0n) is 8.84. The van der Waals surface area contributed by atoms with Crippen LogP contribution in [0.25, 0.3) is 0 Å². The third kappa shape index (κ3) is 2.74. The van der Waals surface area contributed by atoms with Gasteiger partial charge in [-0.1, -0.05) is 23.7 Å². The monoisotopic (exact) mass is 242 g/mol. The van der Waals surface area contributed by atoms with Crippen LogP contribution in [0, 0.1) is 0 Å². The fourth-order valence-electron chi connectivity index (χ4n) is 1.89. The second-order valence-electron chi connectivity index (χ2n) is 4.09. The van der Waals surface area contributed by atoms with Gasteiger partial charge in [-0.3, -0.25) is 0 Å². The van der Waals surface area contributed by atoms with Gasteiger partial charge in [-0.25, -0.2) is 0 Å². The van der Waals surface area contributed by atoms with Crippen molar-refractivity contribution in [3.63, 3.8) is 0 Å². The number of ether oxygens (including phenoxy) is 1. The summed E-state index contributed by atoms with van der Waals surface area (Å²) in [6.45, 7) is 0.497. The molecule has 0 aromatic heterocycles. The molecule has 1 aromatic carbocycles. The van der Waals surface area contributed by atoms with E-state index in [1.54, 1.807) is 0 Å². The van der Waals surface area contributed by atoms with Crippen molar-refractivity contribution in [2.75, 3.05) is 6.61 Å². The fourth-order valence-corrected chi connectivity index (χ4v) is 2.02. The van der Waals surface area contributed by atoms with Crippen molar-refractivity contribution in [2.24, 2.45) is 0 Å². The van der Waals surface area contributed by atoms with Gasteiger partial charge in [0.05, 0.1) is 12.2 Å². The molecular formula is C12H15ClO3. The van der Waals surface area contributed by atoms with Crippen molar-refractivity contribution in [2.45, 2.75) is 31.2 Å². The van der Waals surface area contributed by atoms with Gasteiger partial charge in [-0.2, -0.15) is 0 Å². The molecule has 1 aromatic rings. The molecule has 1 aliphatic heterocycles. The maximum atomic E-state index is 9.75. The highest BCUT2D eigenvalue weighted by atomic mass is 35.5. The molecule has 3 nitrogen and oxygen atoms in total. The Morgan fingerprint density at radius 2 is 1.94 bits per heavy atom. The van der Waals surface area contributed by atoms with Gasteiger partial charge in [0.2, 0.25) is 0 Å². The van der Waals surface area contributed by atoms with Gasteiger partial charge in [0.15, 0.2) is 0 Å². The summed E-state index contributed by atoms with van der Waals surface area (Å²) in [5.74, 6) is 0. The van der Waals surface area contributed by atoms with Gasteiger partial charge in [0.1, 0.15) is 6.10 Å². The highest BCUT2D eigenvalue weighted by Crippen LogP contribution is 2.19. The predicted molar refractivity (Wildman–Crippen MR) is 61.5 cm³/mol. The molecule has 0 amide bonds. The second-order valence-corrected chi connectivity index (χ2v) is 4.52. The molecule has 0 bridgehead atoms. The third-order valence-electron chi connectivity index (χ3n) is 2.87. The summed E-state index contributed by atoms with van der Waals surface area (Å²) in [5.41, 5.74) is 1.04. The summed E-state index contributed by atoms with van der Waals surface area (Å²) in [6, 6.07) is 7.42. The average molecular weight is 243 g/mol. The van der Waals surface area contributed by atoms with Crippen molar-refractivity contribution < 1.29 is 14.9 Å². The van der Waals surface area contributed by atoms with Crippen LogP contribution >= 0.6 is 11.6 Å². The Labute approximate surface area is 99.6 Å². The van der Waals surface area contributed by atoms with Crippen LogP contribution in [0.4, 0.5) is 0 Å². The van der Waals surface area contributed by atoms with E-state index in [2.05, 4.69) is 0 Å². The van der Waals surface area contributed by atoms with Crippen LogP contribution in [0.1, 0.15) is 12.0 Å². The van der Waals surface area contributed by atoms with Crippen LogP contribution in [0.2, 0.25) is 5.02 Å². The Bertz CT molecular complexity index is 339. The van der Waals surface area contributed by atoms with Crippen molar-refractivity contribution >= 4 is 11.6 Å². The normalized spacial score (nSPS) is 30.3. The van der Waals surface area contributed by atoms with Crippen LogP contribution in [-0.4, -0.2) is 35.1 Å². The molecule has 4 heteroatoms. The zero-order chi connectivity index (χ0) is 11.5. The number of aliphatic hydroxyl groups is 2. The van der Waals surface area contributed by atoms with E-state index in [1.165, 1.54) is 0 Å². The largest absolute Gasteiger partial charge is 0.390 e. The Hall–Kier alpha value is -0.610. The van der Waals surface area contributed by atoms with E-state index in [1.807, 2.05) is 24.3 Å². The molecule has 0 aliphatic carbocycles. The number of benzene rings is 1. The summed E-state index contributed by atoms with van der Waals surface area (Å²) in [5, 5.41) is 20.0. The van der Waals surface area contributed by atoms with Crippen molar-refractivity contribution in [3.8, 4) is 0 Å². The summed E-state index contributed by atoms with van der Waals surface area (Å²) in [6.07, 6.45) is -0.714. The first-order valence-electron chi connectivity index (χ1n) is 5.39. The van der Waals surface area contributed by atoms with Crippen LogP contribution in [0.15, 0.2) is 24.3 Å². The van der Waals surface area contributed by atoms with Crippen LogP contribution in [-0.2, 0) is 11.2 Å². The molecule has 1 fully saturated rings. The second kappa shape index (κ2) is 5.15. The Balaban J connectivity index is 2.00. The predicted octanol–water partition coefficient (Wildman–Crippen LogP) is 1.39. The third-order valence-corrected chi connectivity index (χ3v) is 3.12. The molecule has 0 radical (unpaired) electrons. The van der Waals surface area contributed by atoms with E-state index < -0.39 is 12.2 Å². The molecule has 16 heavy (non-hydrogen) atoms. The minimum absolute atomic E-state index is 0.329. The summed E-state index contributed by atoms with van der Waals surface area (Å²) in [7, 11) is 0. The lowest BCUT2D eigenvalue weighted by molar-refractivity contribution is -0.133. The molecule has 0 spiro atoms. The highest BCUT2D eigenvalue weighted by molar-refractivity contribution is 6.30. The first-order valence-corrected chi connectivity index (χ1v) is 5.77. The van der Waals surface area contributed by atoms with Crippen LogP contribution < -0.4 is 0 Å². The van der Waals surface area contributed by atoms with Gasteiger partial charge in [0, 0.05) is 18.1 Å². The molecule has 88 valence electrons. The van der Waals surface area contributed by atoms with Crippen molar-refractivity contribution in [3.05, 3.63) is 34.9 Å². The SMILES string of the molecule is O[C@@H]1[C@H](O)CCO[C@@H]1Cc1ccc(Cl)cc1. The fraction of sp³-hybridized carbons (Fsp3) is 0.500. The summed E-state index contributed by atoms with van der Waals surface area (Å²) < 4.78 is 5.45. The molecule has 1 saturated heterocycles. The molecule has 1 aliphatic rings. The van der Waals surface area contributed by atoms with Gasteiger partial charge in [-0.05, 0) is 24.1 Å². The molecule has 2 N–H and O–H groups in total. The zero-order valence-corrected chi connectivity index (χ0v) is 9.60. The van der Waals surface area contributed by atoms with Crippen LogP contribution in [0.5, 0.6) is 0 Å². The molecule has 0 saturated carbocycles. The smallest absolute Gasteiger partial charge is 0.106 e. The number of halogens is 1.